The van der Waals surface area contributed by atoms with Gasteiger partial charge in [0.2, 0.25) is 0 Å². The van der Waals surface area contributed by atoms with Gasteiger partial charge < -0.3 is 5.32 Å². The number of hydrogen-bond acceptors (Lipinski definition) is 2. The van der Waals surface area contributed by atoms with Crippen LogP contribution in [-0.2, 0) is 12.6 Å². The number of halogens is 3. The maximum absolute atomic E-state index is 12.8. The third-order valence-electron chi connectivity index (χ3n) is 3.26. The van der Waals surface area contributed by atoms with E-state index < -0.39 is 11.7 Å². The SMILES string of the molecule is CCc1ccsc1C(NC)c1cccc(C(F)(F)F)c1. The van der Waals surface area contributed by atoms with Gasteiger partial charge in [-0.25, -0.2) is 0 Å². The molecule has 1 N–H and O–H groups in total. The van der Waals surface area contributed by atoms with Crippen molar-refractivity contribution in [2.75, 3.05) is 7.05 Å². The van der Waals surface area contributed by atoms with E-state index in [0.717, 1.165) is 17.4 Å². The van der Waals surface area contributed by atoms with Gasteiger partial charge in [-0.05, 0) is 48.2 Å². The summed E-state index contributed by atoms with van der Waals surface area (Å²) in [6.07, 6.45) is -3.44. The predicted molar refractivity (Wildman–Crippen MR) is 76.0 cm³/mol. The zero-order valence-corrected chi connectivity index (χ0v) is 12.1. The van der Waals surface area contributed by atoms with Crippen molar-refractivity contribution in [1.29, 1.82) is 0 Å². The molecule has 0 aliphatic carbocycles. The highest BCUT2D eigenvalue weighted by atomic mass is 32.1. The Morgan fingerprint density at radius 3 is 2.60 bits per heavy atom. The van der Waals surface area contributed by atoms with Crippen molar-refractivity contribution in [3.8, 4) is 0 Å². The summed E-state index contributed by atoms with van der Waals surface area (Å²) >= 11 is 1.57. The number of nitrogens with one attached hydrogen (secondary N) is 1. The van der Waals surface area contributed by atoms with E-state index in [1.165, 1.54) is 17.7 Å². The van der Waals surface area contributed by atoms with Crippen LogP contribution in [0.15, 0.2) is 35.7 Å². The lowest BCUT2D eigenvalue weighted by Crippen LogP contribution is -2.18. The molecule has 1 heterocycles. The summed E-state index contributed by atoms with van der Waals surface area (Å²) in [5.41, 5.74) is 1.20. The molecule has 2 rings (SSSR count). The Bertz CT molecular complexity index is 574. The van der Waals surface area contributed by atoms with Crippen molar-refractivity contribution in [3.05, 3.63) is 57.3 Å². The van der Waals surface area contributed by atoms with Crippen LogP contribution in [0.5, 0.6) is 0 Å². The first kappa shape index (κ1) is 15.1. The van der Waals surface area contributed by atoms with E-state index in [-0.39, 0.29) is 6.04 Å². The normalized spacial score (nSPS) is 13.4. The third kappa shape index (κ3) is 3.04. The van der Waals surface area contributed by atoms with Gasteiger partial charge in [0.05, 0.1) is 11.6 Å². The van der Waals surface area contributed by atoms with Crippen molar-refractivity contribution < 1.29 is 13.2 Å². The summed E-state index contributed by atoms with van der Waals surface area (Å²) in [5, 5.41) is 5.10. The minimum Gasteiger partial charge on any atom is -0.309 e. The fourth-order valence-electron chi connectivity index (χ4n) is 2.24. The Kier molecular flexibility index (Phi) is 4.50. The summed E-state index contributed by atoms with van der Waals surface area (Å²) in [4.78, 5) is 1.08. The average Bonchev–Trinajstić information content (AvgIpc) is 2.87. The summed E-state index contributed by atoms with van der Waals surface area (Å²) in [7, 11) is 1.77. The molecule has 0 amide bonds. The van der Waals surface area contributed by atoms with Crippen LogP contribution in [0.1, 0.15) is 34.5 Å². The molecule has 1 aromatic carbocycles. The molecule has 0 aliphatic rings. The lowest BCUT2D eigenvalue weighted by molar-refractivity contribution is -0.137. The molecule has 0 radical (unpaired) electrons. The van der Waals surface area contributed by atoms with Gasteiger partial charge in [0.15, 0.2) is 0 Å². The second-order valence-corrected chi connectivity index (χ2v) is 5.46. The Labute approximate surface area is 120 Å². The van der Waals surface area contributed by atoms with Gasteiger partial charge >= 0.3 is 6.18 Å². The van der Waals surface area contributed by atoms with Crippen molar-refractivity contribution in [1.82, 2.24) is 5.32 Å². The smallest absolute Gasteiger partial charge is 0.309 e. The summed E-state index contributed by atoms with van der Waals surface area (Å²) in [5.74, 6) is 0. The van der Waals surface area contributed by atoms with E-state index in [0.29, 0.717) is 5.56 Å². The zero-order valence-electron chi connectivity index (χ0n) is 11.3. The van der Waals surface area contributed by atoms with E-state index in [1.54, 1.807) is 24.5 Å². The van der Waals surface area contributed by atoms with Crippen LogP contribution in [0.2, 0.25) is 0 Å². The quantitative estimate of drug-likeness (QED) is 0.867. The van der Waals surface area contributed by atoms with Gasteiger partial charge in [-0.3, -0.25) is 0 Å². The molecule has 0 saturated carbocycles. The number of hydrogen-bond donors (Lipinski definition) is 1. The lowest BCUT2D eigenvalue weighted by Gasteiger charge is -2.18. The molecular weight excluding hydrogens is 283 g/mol. The summed E-state index contributed by atoms with van der Waals surface area (Å²) in [6.45, 7) is 2.05. The molecule has 0 aliphatic heterocycles. The topological polar surface area (TPSA) is 12.0 Å². The van der Waals surface area contributed by atoms with E-state index >= 15 is 0 Å². The van der Waals surface area contributed by atoms with Crippen LogP contribution in [0.3, 0.4) is 0 Å². The number of alkyl halides is 3. The molecule has 0 bridgehead atoms. The maximum Gasteiger partial charge on any atom is 0.416 e. The van der Waals surface area contributed by atoms with Crippen LogP contribution in [0, 0.1) is 0 Å². The van der Waals surface area contributed by atoms with Crippen molar-refractivity contribution in [2.24, 2.45) is 0 Å². The fourth-order valence-corrected chi connectivity index (χ4v) is 3.37. The Morgan fingerprint density at radius 1 is 1.25 bits per heavy atom. The minimum atomic E-state index is -4.31. The van der Waals surface area contributed by atoms with Gasteiger partial charge in [-0.2, -0.15) is 13.2 Å². The highest BCUT2D eigenvalue weighted by Crippen LogP contribution is 2.34. The van der Waals surface area contributed by atoms with E-state index in [4.69, 9.17) is 0 Å². The average molecular weight is 299 g/mol. The standard InChI is InChI=1S/C15H16F3NS/c1-3-10-7-8-20-14(10)13(19-2)11-5-4-6-12(9-11)15(16,17)18/h4-9,13,19H,3H2,1-2H3. The monoisotopic (exact) mass is 299 g/mol. The molecule has 0 spiro atoms. The van der Waals surface area contributed by atoms with Gasteiger partial charge in [0.1, 0.15) is 0 Å². The highest BCUT2D eigenvalue weighted by Gasteiger charge is 2.31. The molecule has 0 fully saturated rings. The Morgan fingerprint density at radius 2 is 2.00 bits per heavy atom. The Balaban J connectivity index is 2.43. The molecule has 108 valence electrons. The number of aryl methyl sites for hydroxylation is 1. The summed E-state index contributed by atoms with van der Waals surface area (Å²) < 4.78 is 38.4. The molecule has 20 heavy (non-hydrogen) atoms. The number of rotatable bonds is 4. The number of thiophene rings is 1. The molecule has 1 atom stereocenters. The number of benzene rings is 1. The van der Waals surface area contributed by atoms with Crippen LogP contribution >= 0.6 is 11.3 Å². The predicted octanol–water partition coefficient (Wildman–Crippen LogP) is 4.64. The first-order valence-electron chi connectivity index (χ1n) is 6.38. The third-order valence-corrected chi connectivity index (χ3v) is 4.28. The van der Waals surface area contributed by atoms with Gasteiger partial charge in [0, 0.05) is 4.88 Å². The second kappa shape index (κ2) is 5.97. The molecular formula is C15H16F3NS. The van der Waals surface area contributed by atoms with Crippen molar-refractivity contribution >= 4 is 11.3 Å². The van der Waals surface area contributed by atoms with Crippen molar-refractivity contribution in [3.63, 3.8) is 0 Å². The molecule has 1 unspecified atom stereocenters. The highest BCUT2D eigenvalue weighted by molar-refractivity contribution is 7.10. The van der Waals surface area contributed by atoms with Gasteiger partial charge in [-0.1, -0.05) is 19.1 Å². The van der Waals surface area contributed by atoms with Gasteiger partial charge in [0.25, 0.3) is 0 Å². The van der Waals surface area contributed by atoms with Gasteiger partial charge in [-0.15, -0.1) is 11.3 Å². The molecule has 0 saturated heterocycles. The van der Waals surface area contributed by atoms with Crippen LogP contribution in [0.4, 0.5) is 13.2 Å². The molecule has 2 aromatic rings. The summed E-state index contributed by atoms with van der Waals surface area (Å²) in [6, 6.07) is 7.34. The first-order chi connectivity index (χ1) is 9.47. The first-order valence-corrected chi connectivity index (χ1v) is 7.26. The minimum absolute atomic E-state index is 0.202. The fraction of sp³-hybridized carbons (Fsp3) is 0.333. The van der Waals surface area contributed by atoms with E-state index in [1.807, 2.05) is 18.4 Å². The molecule has 5 heteroatoms. The van der Waals surface area contributed by atoms with Crippen LogP contribution in [0.25, 0.3) is 0 Å². The lowest BCUT2D eigenvalue weighted by atomic mass is 9.99. The maximum atomic E-state index is 12.8. The van der Waals surface area contributed by atoms with Crippen LogP contribution in [-0.4, -0.2) is 7.05 Å². The molecule has 1 nitrogen and oxygen atoms in total. The largest absolute Gasteiger partial charge is 0.416 e. The van der Waals surface area contributed by atoms with E-state index in [9.17, 15) is 13.2 Å². The van der Waals surface area contributed by atoms with Crippen molar-refractivity contribution in [2.45, 2.75) is 25.6 Å². The van der Waals surface area contributed by atoms with E-state index in [2.05, 4.69) is 5.32 Å². The van der Waals surface area contributed by atoms with Crippen LogP contribution < -0.4 is 5.32 Å². The molecule has 1 aromatic heterocycles. The second-order valence-electron chi connectivity index (χ2n) is 4.51. The Hall–Kier alpha value is -1.33. The zero-order chi connectivity index (χ0) is 14.8.